The van der Waals surface area contributed by atoms with E-state index in [1.165, 1.54) is 19.4 Å². The number of hydrogen-bond donors (Lipinski definition) is 2. The number of anilines is 1. The van der Waals surface area contributed by atoms with Gasteiger partial charge in [0.05, 0.1) is 12.7 Å². The van der Waals surface area contributed by atoms with E-state index in [0.717, 1.165) is 10.8 Å². The second-order valence-corrected chi connectivity index (χ2v) is 5.39. The van der Waals surface area contributed by atoms with E-state index in [-0.39, 0.29) is 18.2 Å². The molecule has 2 N–H and O–H groups in total. The van der Waals surface area contributed by atoms with Crippen LogP contribution in [0.2, 0.25) is 0 Å². The quantitative estimate of drug-likeness (QED) is 0.689. The Balaban J connectivity index is 1.89. The number of fused-ring (bicyclic) bond motifs is 1. The highest BCUT2D eigenvalue weighted by Gasteiger charge is 2.13. The SMILES string of the molecule is COC(=O)COc1ccc(NC(=O)c2cc(C#N)c[nH]2)c2ccccc12. The first kappa shape index (κ1) is 17.0. The number of nitrogens with zero attached hydrogens (tertiary/aromatic N) is 1. The van der Waals surface area contributed by atoms with Gasteiger partial charge in [0.2, 0.25) is 0 Å². The van der Waals surface area contributed by atoms with Crippen molar-refractivity contribution < 1.29 is 19.1 Å². The van der Waals surface area contributed by atoms with Gasteiger partial charge in [0.15, 0.2) is 6.61 Å². The first-order valence-electron chi connectivity index (χ1n) is 7.73. The standard InChI is InChI=1S/C19H15N3O4/c1-25-18(23)11-26-17-7-6-15(13-4-2-3-5-14(13)17)22-19(24)16-8-12(9-20)10-21-16/h2-8,10,21H,11H2,1H3,(H,22,24). The molecule has 0 fully saturated rings. The number of aromatic amines is 1. The third kappa shape index (κ3) is 3.49. The molecule has 3 rings (SSSR count). The van der Waals surface area contributed by atoms with Gasteiger partial charge in [0.1, 0.15) is 17.5 Å². The molecule has 3 aromatic rings. The Bertz CT molecular complexity index is 1020. The lowest BCUT2D eigenvalue weighted by Gasteiger charge is -2.12. The summed E-state index contributed by atoms with van der Waals surface area (Å²) in [5.41, 5.74) is 1.26. The van der Waals surface area contributed by atoms with Gasteiger partial charge in [-0.1, -0.05) is 24.3 Å². The summed E-state index contributed by atoms with van der Waals surface area (Å²) >= 11 is 0. The van der Waals surface area contributed by atoms with Crippen molar-refractivity contribution in [3.63, 3.8) is 0 Å². The topological polar surface area (TPSA) is 104 Å². The van der Waals surface area contributed by atoms with Gasteiger partial charge in [-0.25, -0.2) is 4.79 Å². The molecular weight excluding hydrogens is 334 g/mol. The van der Waals surface area contributed by atoms with Crippen LogP contribution in [0, 0.1) is 11.3 Å². The Morgan fingerprint density at radius 3 is 2.65 bits per heavy atom. The van der Waals surface area contributed by atoms with Crippen LogP contribution in [0.25, 0.3) is 10.8 Å². The van der Waals surface area contributed by atoms with E-state index in [1.807, 2.05) is 30.3 Å². The van der Waals surface area contributed by atoms with Crippen molar-refractivity contribution in [2.24, 2.45) is 0 Å². The van der Waals surface area contributed by atoms with Gasteiger partial charge < -0.3 is 19.8 Å². The van der Waals surface area contributed by atoms with Crippen LogP contribution in [0.1, 0.15) is 16.1 Å². The zero-order chi connectivity index (χ0) is 18.5. The van der Waals surface area contributed by atoms with Crippen LogP contribution in [0.4, 0.5) is 5.69 Å². The Morgan fingerprint density at radius 1 is 1.19 bits per heavy atom. The van der Waals surface area contributed by atoms with E-state index in [4.69, 9.17) is 10.00 Å². The second-order valence-electron chi connectivity index (χ2n) is 5.39. The minimum atomic E-state index is -0.480. The maximum Gasteiger partial charge on any atom is 0.343 e. The molecule has 0 spiro atoms. The van der Waals surface area contributed by atoms with Crippen LogP contribution in [-0.4, -0.2) is 30.6 Å². The van der Waals surface area contributed by atoms with Gasteiger partial charge in [-0.05, 0) is 18.2 Å². The smallest absolute Gasteiger partial charge is 0.343 e. The molecule has 0 atom stereocenters. The largest absolute Gasteiger partial charge is 0.481 e. The van der Waals surface area contributed by atoms with Gasteiger partial charge in [-0.2, -0.15) is 5.26 Å². The summed E-state index contributed by atoms with van der Waals surface area (Å²) in [6.07, 6.45) is 1.47. The first-order valence-corrected chi connectivity index (χ1v) is 7.73. The lowest BCUT2D eigenvalue weighted by molar-refractivity contribution is -0.142. The molecule has 1 heterocycles. The maximum absolute atomic E-state index is 12.4. The second kappa shape index (κ2) is 7.40. The van der Waals surface area contributed by atoms with Crippen LogP contribution in [-0.2, 0) is 9.53 Å². The predicted octanol–water partition coefficient (Wildman–Crippen LogP) is 2.84. The number of nitriles is 1. The van der Waals surface area contributed by atoms with E-state index in [0.29, 0.717) is 17.0 Å². The number of hydrogen-bond acceptors (Lipinski definition) is 5. The Hall–Kier alpha value is -3.79. The molecular formula is C19H15N3O4. The third-order valence-electron chi connectivity index (χ3n) is 3.76. The fraction of sp³-hybridized carbons (Fsp3) is 0.105. The fourth-order valence-corrected chi connectivity index (χ4v) is 2.48. The highest BCUT2D eigenvalue weighted by Crippen LogP contribution is 2.31. The Labute approximate surface area is 149 Å². The van der Waals surface area contributed by atoms with Crippen molar-refractivity contribution in [3.8, 4) is 11.8 Å². The van der Waals surface area contributed by atoms with E-state index >= 15 is 0 Å². The number of ether oxygens (including phenoxy) is 2. The Kier molecular flexibility index (Phi) is 4.85. The number of nitrogens with one attached hydrogen (secondary N) is 2. The Morgan fingerprint density at radius 2 is 1.96 bits per heavy atom. The van der Waals surface area contributed by atoms with Gasteiger partial charge in [-0.15, -0.1) is 0 Å². The third-order valence-corrected chi connectivity index (χ3v) is 3.76. The number of methoxy groups -OCH3 is 1. The molecule has 0 aliphatic heterocycles. The van der Waals surface area contributed by atoms with Crippen molar-refractivity contribution in [2.45, 2.75) is 0 Å². The molecule has 1 amide bonds. The molecule has 7 heteroatoms. The van der Waals surface area contributed by atoms with E-state index in [1.54, 1.807) is 12.1 Å². The molecule has 2 aromatic carbocycles. The molecule has 0 bridgehead atoms. The number of carbonyl (C=O) groups is 2. The average Bonchev–Trinajstić information content (AvgIpc) is 3.16. The molecule has 0 saturated carbocycles. The van der Waals surface area contributed by atoms with Crippen LogP contribution >= 0.6 is 0 Å². The lowest BCUT2D eigenvalue weighted by atomic mass is 10.1. The first-order chi connectivity index (χ1) is 12.6. The summed E-state index contributed by atoms with van der Waals surface area (Å²) in [5.74, 6) is -0.331. The van der Waals surface area contributed by atoms with Crippen molar-refractivity contribution in [1.29, 1.82) is 5.26 Å². The molecule has 0 radical (unpaired) electrons. The molecule has 1 aromatic heterocycles. The maximum atomic E-state index is 12.4. The van der Waals surface area contributed by atoms with Crippen LogP contribution in [0.15, 0.2) is 48.7 Å². The van der Waals surface area contributed by atoms with Gasteiger partial charge in [0, 0.05) is 22.7 Å². The number of benzene rings is 2. The zero-order valence-electron chi connectivity index (χ0n) is 13.9. The van der Waals surface area contributed by atoms with Crippen molar-refractivity contribution in [3.05, 3.63) is 59.9 Å². The molecule has 130 valence electrons. The number of aromatic nitrogens is 1. The van der Waals surface area contributed by atoms with Crippen molar-refractivity contribution in [2.75, 3.05) is 19.0 Å². The van der Waals surface area contributed by atoms with Gasteiger partial charge >= 0.3 is 5.97 Å². The zero-order valence-corrected chi connectivity index (χ0v) is 13.9. The van der Waals surface area contributed by atoms with E-state index in [9.17, 15) is 9.59 Å². The van der Waals surface area contributed by atoms with Gasteiger partial charge in [0.25, 0.3) is 5.91 Å². The normalized spacial score (nSPS) is 10.2. The van der Waals surface area contributed by atoms with Crippen molar-refractivity contribution >= 4 is 28.3 Å². The highest BCUT2D eigenvalue weighted by molar-refractivity contribution is 6.09. The fourth-order valence-electron chi connectivity index (χ4n) is 2.48. The van der Waals surface area contributed by atoms with Gasteiger partial charge in [-0.3, -0.25) is 4.79 Å². The predicted molar refractivity (Wildman–Crippen MR) is 94.9 cm³/mol. The molecule has 0 saturated heterocycles. The monoisotopic (exact) mass is 349 g/mol. The summed E-state index contributed by atoms with van der Waals surface area (Å²) < 4.78 is 10.1. The van der Waals surface area contributed by atoms with Crippen LogP contribution in [0.5, 0.6) is 5.75 Å². The summed E-state index contributed by atoms with van der Waals surface area (Å²) in [6, 6.07) is 14.2. The van der Waals surface area contributed by atoms with Crippen molar-refractivity contribution in [1.82, 2.24) is 4.98 Å². The minimum Gasteiger partial charge on any atom is -0.481 e. The molecule has 0 aliphatic rings. The number of H-pyrrole nitrogens is 1. The van der Waals surface area contributed by atoms with Crippen LogP contribution < -0.4 is 10.1 Å². The van der Waals surface area contributed by atoms with E-state index in [2.05, 4.69) is 15.0 Å². The average molecular weight is 349 g/mol. The highest BCUT2D eigenvalue weighted by atomic mass is 16.6. The van der Waals surface area contributed by atoms with Crippen LogP contribution in [0.3, 0.4) is 0 Å². The van der Waals surface area contributed by atoms with E-state index < -0.39 is 5.97 Å². The summed E-state index contributed by atoms with van der Waals surface area (Å²) in [7, 11) is 1.29. The summed E-state index contributed by atoms with van der Waals surface area (Å²) in [5, 5.41) is 13.2. The molecule has 0 aliphatic carbocycles. The molecule has 26 heavy (non-hydrogen) atoms. The number of amides is 1. The summed E-state index contributed by atoms with van der Waals surface area (Å²) in [6.45, 7) is -0.203. The minimum absolute atomic E-state index is 0.203. The molecule has 0 unspecified atom stereocenters. The summed E-state index contributed by atoms with van der Waals surface area (Å²) in [4.78, 5) is 26.4. The number of esters is 1. The molecule has 7 nitrogen and oxygen atoms in total. The number of carbonyl (C=O) groups excluding carboxylic acids is 2. The number of rotatable bonds is 5. The lowest BCUT2D eigenvalue weighted by Crippen LogP contribution is -2.14.